The zero-order valence-electron chi connectivity index (χ0n) is 22.9. The molecule has 1 aliphatic heterocycles. The summed E-state index contributed by atoms with van der Waals surface area (Å²) in [5.74, 6) is 2.24. The molecule has 3 aromatic carbocycles. The van der Waals surface area contributed by atoms with Crippen LogP contribution in [-0.4, -0.2) is 68.8 Å². The van der Waals surface area contributed by atoms with Crippen LogP contribution >= 0.6 is 0 Å². The van der Waals surface area contributed by atoms with E-state index in [-0.39, 0.29) is 23.5 Å². The summed E-state index contributed by atoms with van der Waals surface area (Å²) in [6.45, 7) is 3.36. The second-order valence-electron chi connectivity index (χ2n) is 11.8. The highest BCUT2D eigenvalue weighted by atomic mass is 16.5. The van der Waals surface area contributed by atoms with Gasteiger partial charge in [-0.25, -0.2) is 0 Å². The summed E-state index contributed by atoms with van der Waals surface area (Å²) in [5.41, 5.74) is 2.01. The normalized spacial score (nSPS) is 27.6. The van der Waals surface area contributed by atoms with Gasteiger partial charge in [-0.05, 0) is 85.2 Å². The topological polar surface area (TPSA) is 42.0 Å². The van der Waals surface area contributed by atoms with Crippen molar-refractivity contribution in [2.24, 2.45) is 11.8 Å². The first-order valence-electron chi connectivity index (χ1n) is 14.2. The minimum Gasteiger partial charge on any atom is -0.497 e. The molecule has 0 bridgehead atoms. The first-order chi connectivity index (χ1) is 18.5. The number of nitrogens with zero attached hydrogens (tertiary/aromatic N) is 2. The average molecular weight is 513 g/mol. The lowest BCUT2D eigenvalue weighted by molar-refractivity contribution is -0.0794. The Hall–Kier alpha value is -2.89. The van der Waals surface area contributed by atoms with E-state index in [9.17, 15) is 4.79 Å². The Balaban J connectivity index is 1.32. The van der Waals surface area contributed by atoms with Crippen LogP contribution < -0.4 is 4.74 Å². The highest BCUT2D eigenvalue weighted by molar-refractivity contribution is 5.98. The molecule has 2 aliphatic carbocycles. The summed E-state index contributed by atoms with van der Waals surface area (Å²) < 4.78 is 11.9. The van der Waals surface area contributed by atoms with E-state index in [2.05, 4.69) is 41.3 Å². The predicted octanol–water partition coefficient (Wildman–Crippen LogP) is 5.77. The second kappa shape index (κ2) is 10.3. The maximum Gasteiger partial charge on any atom is 0.253 e. The molecular weight excluding hydrogens is 472 g/mol. The van der Waals surface area contributed by atoms with E-state index in [0.717, 1.165) is 60.4 Å². The number of rotatable bonds is 7. The largest absolute Gasteiger partial charge is 0.497 e. The summed E-state index contributed by atoms with van der Waals surface area (Å²) in [7, 11) is 5.58. The van der Waals surface area contributed by atoms with Gasteiger partial charge in [0.25, 0.3) is 5.91 Å². The lowest BCUT2D eigenvalue weighted by Crippen LogP contribution is -2.61. The van der Waals surface area contributed by atoms with Crippen LogP contribution in [0, 0.1) is 11.8 Å². The fourth-order valence-corrected chi connectivity index (χ4v) is 7.24. The zero-order chi connectivity index (χ0) is 26.3. The van der Waals surface area contributed by atoms with Crippen molar-refractivity contribution in [1.29, 1.82) is 0 Å². The molecule has 4 atom stereocenters. The number of hydrogen-bond donors (Lipinski definition) is 0. The molecule has 0 aromatic heterocycles. The van der Waals surface area contributed by atoms with Gasteiger partial charge in [0.15, 0.2) is 0 Å². The molecule has 0 radical (unpaired) electrons. The van der Waals surface area contributed by atoms with Crippen LogP contribution in [0.3, 0.4) is 0 Å². The molecule has 3 aliphatic rings. The average Bonchev–Trinajstić information content (AvgIpc) is 3.79. The van der Waals surface area contributed by atoms with Crippen LogP contribution in [-0.2, 0) is 10.2 Å². The van der Waals surface area contributed by atoms with Crippen molar-refractivity contribution in [3.8, 4) is 5.75 Å². The third-order valence-corrected chi connectivity index (χ3v) is 9.62. The summed E-state index contributed by atoms with van der Waals surface area (Å²) in [4.78, 5) is 18.5. The minimum atomic E-state index is -0.0594. The van der Waals surface area contributed by atoms with Gasteiger partial charge in [-0.1, -0.05) is 42.5 Å². The molecule has 1 saturated heterocycles. The number of ether oxygens (including phenoxy) is 2. The van der Waals surface area contributed by atoms with Gasteiger partial charge in [0, 0.05) is 50.2 Å². The monoisotopic (exact) mass is 512 g/mol. The summed E-state index contributed by atoms with van der Waals surface area (Å²) >= 11 is 0. The van der Waals surface area contributed by atoms with Crippen molar-refractivity contribution in [2.75, 3.05) is 40.9 Å². The lowest BCUT2D eigenvalue weighted by Gasteiger charge is -2.56. The van der Waals surface area contributed by atoms with Crippen LogP contribution in [0.1, 0.15) is 48.0 Å². The molecule has 0 spiro atoms. The number of carbonyl (C=O) groups is 1. The van der Waals surface area contributed by atoms with E-state index < -0.39 is 0 Å². The first kappa shape index (κ1) is 25.4. The van der Waals surface area contributed by atoms with E-state index in [1.807, 2.05) is 49.4 Å². The fraction of sp³-hybridized carbons (Fsp3) is 0.485. The van der Waals surface area contributed by atoms with Gasteiger partial charge in [-0.15, -0.1) is 0 Å². The summed E-state index contributed by atoms with van der Waals surface area (Å²) in [6, 6.07) is 23.0. The Morgan fingerprint density at radius 1 is 1.03 bits per heavy atom. The third kappa shape index (κ3) is 4.71. The van der Waals surface area contributed by atoms with E-state index in [1.54, 1.807) is 7.11 Å². The molecule has 5 heteroatoms. The molecule has 5 nitrogen and oxygen atoms in total. The number of piperidine rings is 1. The van der Waals surface area contributed by atoms with Crippen molar-refractivity contribution >= 4 is 16.7 Å². The number of likely N-dealkylation sites (tertiary alicyclic amines) is 1. The van der Waals surface area contributed by atoms with Gasteiger partial charge in [0.2, 0.25) is 0 Å². The zero-order valence-corrected chi connectivity index (χ0v) is 22.9. The summed E-state index contributed by atoms with van der Waals surface area (Å²) in [6.07, 6.45) is 5.72. The maximum absolute atomic E-state index is 13.8. The van der Waals surface area contributed by atoms with Crippen molar-refractivity contribution in [3.05, 3.63) is 77.9 Å². The van der Waals surface area contributed by atoms with E-state index >= 15 is 0 Å². The molecule has 1 amide bonds. The van der Waals surface area contributed by atoms with Crippen molar-refractivity contribution < 1.29 is 14.3 Å². The Labute approximate surface area is 226 Å². The smallest absolute Gasteiger partial charge is 0.253 e. The molecule has 38 heavy (non-hydrogen) atoms. The first-order valence-corrected chi connectivity index (χ1v) is 14.2. The van der Waals surface area contributed by atoms with Gasteiger partial charge >= 0.3 is 0 Å². The van der Waals surface area contributed by atoms with Crippen molar-refractivity contribution in [2.45, 2.75) is 49.7 Å². The van der Waals surface area contributed by atoms with Crippen molar-refractivity contribution in [1.82, 2.24) is 9.80 Å². The van der Waals surface area contributed by atoms with E-state index in [1.165, 1.54) is 24.9 Å². The third-order valence-electron chi connectivity index (χ3n) is 9.62. The number of benzene rings is 3. The highest BCUT2D eigenvalue weighted by Crippen LogP contribution is 2.51. The molecular formula is C33H40N2O3. The fourth-order valence-electron chi connectivity index (χ4n) is 7.24. The van der Waals surface area contributed by atoms with Crippen LogP contribution in [0.5, 0.6) is 5.75 Å². The quantitative estimate of drug-likeness (QED) is 0.403. The van der Waals surface area contributed by atoms with Gasteiger partial charge in [0.1, 0.15) is 5.75 Å². The number of carbonyl (C=O) groups excluding carboxylic acids is 1. The molecule has 1 unspecified atom stereocenters. The molecule has 1 heterocycles. The Morgan fingerprint density at radius 2 is 1.84 bits per heavy atom. The Morgan fingerprint density at radius 3 is 2.61 bits per heavy atom. The Bertz CT molecular complexity index is 1300. The van der Waals surface area contributed by atoms with Crippen LogP contribution in [0.15, 0.2) is 66.7 Å². The molecule has 2 saturated carbocycles. The van der Waals surface area contributed by atoms with Crippen LogP contribution in [0.4, 0.5) is 0 Å². The molecule has 200 valence electrons. The molecule has 3 fully saturated rings. The van der Waals surface area contributed by atoms with Crippen LogP contribution in [0.2, 0.25) is 0 Å². The number of amides is 1. The summed E-state index contributed by atoms with van der Waals surface area (Å²) in [5, 5.41) is 2.25. The molecule has 6 rings (SSSR count). The van der Waals surface area contributed by atoms with Gasteiger partial charge in [-0.2, -0.15) is 0 Å². The van der Waals surface area contributed by atoms with Gasteiger partial charge < -0.3 is 19.3 Å². The van der Waals surface area contributed by atoms with Gasteiger partial charge in [-0.3, -0.25) is 4.79 Å². The van der Waals surface area contributed by atoms with Crippen molar-refractivity contribution in [3.63, 3.8) is 0 Å². The lowest BCUT2D eigenvalue weighted by atomic mass is 9.56. The molecule has 0 N–H and O–H groups in total. The van der Waals surface area contributed by atoms with E-state index in [4.69, 9.17) is 9.47 Å². The highest BCUT2D eigenvalue weighted by Gasteiger charge is 2.53. The number of fused-ring (bicyclic) bond motifs is 2. The second-order valence-corrected chi connectivity index (χ2v) is 11.8. The standard InChI is InChI=1S/C33H40N2O3/c1-34(32(36)26-14-13-24-7-4-5-8-25(24)17-26)28-19-31(38-3)30-22-35(21-23-11-12-23)16-15-33(30,20-28)27-9-6-10-29(18-27)37-2/h4-10,13-14,17-18,23,28,30-31H,11-12,15-16,19-22H2,1-3H3/t28-,30-,31?,33-/m0/s1. The SMILES string of the molecule is COc1cccc([C@@]23CCN(CC4CC4)C[C@H]2C(OC)C[C@H](N(C)C(=O)c2ccc4ccccc4c2)C3)c1. The maximum atomic E-state index is 13.8. The van der Waals surface area contributed by atoms with Gasteiger partial charge in [0.05, 0.1) is 13.2 Å². The number of methoxy groups -OCH3 is 2. The van der Waals surface area contributed by atoms with Crippen LogP contribution in [0.25, 0.3) is 10.8 Å². The Kier molecular flexibility index (Phi) is 6.92. The van der Waals surface area contributed by atoms with E-state index in [0.29, 0.717) is 5.92 Å². The minimum absolute atomic E-state index is 0.0594. The molecule has 3 aromatic rings. The predicted molar refractivity (Wildman–Crippen MR) is 152 cm³/mol. The number of hydrogen-bond acceptors (Lipinski definition) is 4.